The predicted molar refractivity (Wildman–Crippen MR) is 116 cm³/mol. The molecule has 0 aliphatic rings. The first kappa shape index (κ1) is 24.6. The molecule has 0 amide bonds. The summed E-state index contributed by atoms with van der Waals surface area (Å²) in [4.78, 5) is 13.3. The molecule has 0 aliphatic carbocycles. The molecule has 2 atom stereocenters. The van der Waals surface area contributed by atoms with E-state index >= 15 is 0 Å². The van der Waals surface area contributed by atoms with Crippen molar-refractivity contribution in [3.8, 4) is 5.75 Å². The minimum Gasteiger partial charge on any atom is -0.329 e. The highest BCUT2D eigenvalue weighted by Crippen LogP contribution is 2.52. The smallest absolute Gasteiger partial charge is 0.329 e. The third-order valence-corrected chi connectivity index (χ3v) is 8.46. The van der Waals surface area contributed by atoms with Gasteiger partial charge in [0.05, 0.1) is 0 Å². The lowest BCUT2D eigenvalue weighted by molar-refractivity contribution is -0.110. The molecule has 166 valence electrons. The maximum absolute atomic E-state index is 12.6. The van der Waals surface area contributed by atoms with Crippen LogP contribution in [-0.4, -0.2) is 22.9 Å². The molecule has 0 spiro atoms. The molecule has 0 saturated heterocycles. The Morgan fingerprint density at radius 3 is 2.23 bits per heavy atom. The van der Waals surface area contributed by atoms with Crippen molar-refractivity contribution in [2.75, 3.05) is 0 Å². The number of aryl methyl sites for hydroxylation is 2. The van der Waals surface area contributed by atoms with E-state index in [2.05, 4.69) is 13.8 Å². The van der Waals surface area contributed by atoms with E-state index in [1.807, 2.05) is 42.5 Å². The molecule has 2 N–H and O–H groups in total. The molecule has 9 heteroatoms. The lowest BCUT2D eigenvalue weighted by Gasteiger charge is -2.20. The average molecular weight is 456 g/mol. The topological polar surface area (TPSA) is 110 Å². The Labute approximate surface area is 178 Å². The second-order valence-electron chi connectivity index (χ2n) is 7.61. The van der Waals surface area contributed by atoms with Gasteiger partial charge in [0.1, 0.15) is 0 Å². The summed E-state index contributed by atoms with van der Waals surface area (Å²) in [7, 11) is -9.66. The molecule has 2 aromatic carbocycles. The normalized spacial score (nSPS) is 15.0. The molecule has 2 rings (SSSR count). The van der Waals surface area contributed by atoms with Crippen molar-refractivity contribution in [1.29, 1.82) is 0 Å². The largest absolute Gasteiger partial charge is 0.386 e. The van der Waals surface area contributed by atoms with Gasteiger partial charge in [-0.2, -0.15) is 8.42 Å². The Balaban J connectivity index is 2.05. The summed E-state index contributed by atoms with van der Waals surface area (Å²) in [5.74, 6) is 0.697. The molecule has 0 aromatic heterocycles. The van der Waals surface area contributed by atoms with Gasteiger partial charge in [0.25, 0.3) is 10.1 Å². The van der Waals surface area contributed by atoms with Gasteiger partial charge < -0.3 is 9.78 Å². The second kappa shape index (κ2) is 11.1. The second-order valence-corrected chi connectivity index (χ2v) is 11.5. The third-order valence-electron chi connectivity index (χ3n) is 4.66. The SMILES string of the molecule is CC(C)CCc1ccccc1OOP(=O)(O)C(CCCc1ccccc1)S(=O)(=O)O. The van der Waals surface area contributed by atoms with Crippen molar-refractivity contribution < 1.29 is 32.0 Å². The van der Waals surface area contributed by atoms with Crippen molar-refractivity contribution in [1.82, 2.24) is 0 Å². The van der Waals surface area contributed by atoms with E-state index in [9.17, 15) is 22.4 Å². The first-order chi connectivity index (χ1) is 14.1. The number of para-hydroxylation sites is 1. The van der Waals surface area contributed by atoms with Crippen LogP contribution in [0.15, 0.2) is 54.6 Å². The van der Waals surface area contributed by atoms with E-state index in [4.69, 9.17) is 9.56 Å². The fourth-order valence-corrected chi connectivity index (χ4v) is 5.69. The summed E-state index contributed by atoms with van der Waals surface area (Å²) in [6.07, 6.45) is 2.06. The first-order valence-corrected chi connectivity index (χ1v) is 13.0. The average Bonchev–Trinajstić information content (AvgIpc) is 2.68. The van der Waals surface area contributed by atoms with Gasteiger partial charge in [-0.25, -0.2) is 0 Å². The summed E-state index contributed by atoms with van der Waals surface area (Å²) >= 11 is 0. The van der Waals surface area contributed by atoms with Gasteiger partial charge >= 0.3 is 7.60 Å². The van der Waals surface area contributed by atoms with E-state index in [0.29, 0.717) is 18.8 Å². The number of hydrogen-bond donors (Lipinski definition) is 2. The van der Waals surface area contributed by atoms with Crippen LogP contribution >= 0.6 is 7.60 Å². The van der Waals surface area contributed by atoms with Crippen LogP contribution in [0.25, 0.3) is 0 Å². The minimum absolute atomic E-state index is 0.241. The van der Waals surface area contributed by atoms with Gasteiger partial charge in [-0.3, -0.25) is 9.12 Å². The molecule has 0 aliphatic heterocycles. The summed E-state index contributed by atoms with van der Waals surface area (Å²) in [6, 6.07) is 16.2. The van der Waals surface area contributed by atoms with Crippen LogP contribution in [0.5, 0.6) is 5.75 Å². The first-order valence-electron chi connectivity index (χ1n) is 9.86. The highest BCUT2D eigenvalue weighted by Gasteiger charge is 2.43. The molecular weight excluding hydrogens is 427 g/mol. The fourth-order valence-electron chi connectivity index (χ4n) is 2.98. The van der Waals surface area contributed by atoms with Crippen LogP contribution in [0.1, 0.15) is 44.2 Å². The molecule has 0 heterocycles. The zero-order chi connectivity index (χ0) is 22.2. The van der Waals surface area contributed by atoms with E-state index in [0.717, 1.165) is 17.5 Å². The van der Waals surface area contributed by atoms with Gasteiger partial charge in [0.15, 0.2) is 10.7 Å². The molecule has 0 saturated carbocycles. The van der Waals surface area contributed by atoms with E-state index < -0.39 is 22.7 Å². The highest BCUT2D eigenvalue weighted by molar-refractivity contribution is 7.93. The minimum atomic E-state index is -4.83. The standard InChI is InChI=1S/C21H29O7PS/c1-17(2)15-16-19-12-6-7-13-20(19)27-28-29(22,23)21(30(24,25)26)14-8-11-18-9-4-3-5-10-18/h3-7,9-10,12-13,17,21H,8,11,14-16H2,1-2H3,(H,22,23)(H,24,25,26). The molecule has 0 radical (unpaired) electrons. The molecule has 7 nitrogen and oxygen atoms in total. The van der Waals surface area contributed by atoms with Gasteiger partial charge in [0, 0.05) is 0 Å². The van der Waals surface area contributed by atoms with Crippen LogP contribution in [0.4, 0.5) is 0 Å². The van der Waals surface area contributed by atoms with Gasteiger partial charge in [-0.15, -0.1) is 0 Å². The van der Waals surface area contributed by atoms with E-state index in [-0.39, 0.29) is 18.6 Å². The third kappa shape index (κ3) is 7.85. The Morgan fingerprint density at radius 2 is 1.60 bits per heavy atom. The van der Waals surface area contributed by atoms with Crippen molar-refractivity contribution in [3.63, 3.8) is 0 Å². The maximum atomic E-state index is 12.6. The van der Waals surface area contributed by atoms with E-state index in [1.54, 1.807) is 12.1 Å². The number of rotatable bonds is 12. The maximum Gasteiger partial charge on any atom is 0.386 e. The van der Waals surface area contributed by atoms with Crippen LogP contribution in [0, 0.1) is 5.92 Å². The van der Waals surface area contributed by atoms with Crippen LogP contribution in [0.2, 0.25) is 0 Å². The Morgan fingerprint density at radius 1 is 0.967 bits per heavy atom. The Bertz CT molecular complexity index is 945. The summed E-state index contributed by atoms with van der Waals surface area (Å²) < 4.78 is 50.4. The van der Waals surface area contributed by atoms with Crippen LogP contribution in [-0.2, 0) is 32.2 Å². The Hall–Kier alpha value is -1.70. The monoisotopic (exact) mass is 456 g/mol. The number of hydrogen-bond acceptors (Lipinski definition) is 5. The predicted octanol–water partition coefficient (Wildman–Crippen LogP) is 5.01. The zero-order valence-electron chi connectivity index (χ0n) is 17.2. The molecular formula is C21H29O7PS. The van der Waals surface area contributed by atoms with Gasteiger partial charge in [-0.05, 0) is 55.2 Å². The quantitative estimate of drug-likeness (QED) is 0.200. The molecule has 0 bridgehead atoms. The van der Waals surface area contributed by atoms with Crippen molar-refractivity contribution in [2.45, 2.75) is 50.9 Å². The van der Waals surface area contributed by atoms with Crippen molar-refractivity contribution in [2.24, 2.45) is 5.92 Å². The molecule has 30 heavy (non-hydrogen) atoms. The van der Waals surface area contributed by atoms with Crippen LogP contribution in [0.3, 0.4) is 0 Å². The summed E-state index contributed by atoms with van der Waals surface area (Å²) in [5, 5.41) is 0. The van der Waals surface area contributed by atoms with Crippen LogP contribution < -0.4 is 4.89 Å². The summed E-state index contributed by atoms with van der Waals surface area (Å²) in [5.41, 5.74) is 1.73. The van der Waals surface area contributed by atoms with Crippen molar-refractivity contribution >= 4 is 17.7 Å². The molecule has 2 unspecified atom stereocenters. The lowest BCUT2D eigenvalue weighted by Crippen LogP contribution is -2.23. The zero-order valence-corrected chi connectivity index (χ0v) is 18.9. The van der Waals surface area contributed by atoms with Gasteiger partial charge in [0.2, 0.25) is 0 Å². The fraction of sp³-hybridized carbons (Fsp3) is 0.429. The van der Waals surface area contributed by atoms with Crippen molar-refractivity contribution in [3.05, 3.63) is 65.7 Å². The van der Waals surface area contributed by atoms with E-state index in [1.165, 1.54) is 0 Å². The lowest BCUT2D eigenvalue weighted by atomic mass is 10.0. The molecule has 0 fully saturated rings. The summed E-state index contributed by atoms with van der Waals surface area (Å²) in [6.45, 7) is 4.15. The Kier molecular flexibility index (Phi) is 9.07. The highest BCUT2D eigenvalue weighted by atomic mass is 32.2. The number of benzene rings is 2. The molecule has 2 aromatic rings. The van der Waals surface area contributed by atoms with Gasteiger partial charge in [-0.1, -0.05) is 67.1 Å².